The molecule has 5 nitrogen and oxygen atoms in total. The van der Waals surface area contributed by atoms with E-state index in [-0.39, 0.29) is 27.5 Å². The van der Waals surface area contributed by atoms with Crippen LogP contribution >= 0.6 is 11.6 Å². The largest absolute Gasteiger partial charge is 0.406 e. The highest BCUT2D eigenvalue weighted by atomic mass is 35.5. The maximum atomic E-state index is 14.2. The second kappa shape index (κ2) is 10.7. The summed E-state index contributed by atoms with van der Waals surface area (Å²) in [5, 5.41) is 4.19. The first kappa shape index (κ1) is 25.1. The summed E-state index contributed by atoms with van der Waals surface area (Å²) in [6, 6.07) is 17.8. The molecule has 0 aliphatic carbocycles. The Hall–Kier alpha value is -3.98. The fraction of sp³-hybridized carbons (Fsp3) is 0.115. The molecule has 5 rings (SSSR count). The van der Waals surface area contributed by atoms with E-state index in [1.807, 2.05) is 36.4 Å². The summed E-state index contributed by atoms with van der Waals surface area (Å²) in [5.41, 5.74) is 5.50. The minimum absolute atomic E-state index is 0.00812. The molecule has 3 aromatic rings. The van der Waals surface area contributed by atoms with Crippen LogP contribution in [-0.2, 0) is 4.79 Å². The molecule has 2 heterocycles. The van der Waals surface area contributed by atoms with Crippen LogP contribution in [0.3, 0.4) is 0 Å². The number of hydrogen-bond donors (Lipinski definition) is 1. The van der Waals surface area contributed by atoms with Gasteiger partial charge in [-0.3, -0.25) is 15.2 Å². The number of carbonyl (C=O) groups is 1. The van der Waals surface area contributed by atoms with E-state index < -0.39 is 31.0 Å². The molecule has 0 aromatic heterocycles. The molecule has 2 aliphatic rings. The summed E-state index contributed by atoms with van der Waals surface area (Å²) in [4.78, 5) is 16.9. The Morgan fingerprint density at radius 2 is 1.75 bits per heavy atom. The van der Waals surface area contributed by atoms with E-state index in [2.05, 4.69) is 15.5 Å². The van der Waals surface area contributed by atoms with E-state index in [0.29, 0.717) is 4.90 Å². The predicted molar refractivity (Wildman–Crippen MR) is 134 cm³/mol. The number of halogens is 5. The van der Waals surface area contributed by atoms with Crippen molar-refractivity contribution in [2.75, 3.05) is 23.4 Å². The summed E-state index contributed by atoms with van der Waals surface area (Å²) < 4.78 is 52.8. The highest BCUT2D eigenvalue weighted by Gasteiger charge is 2.36. The SMILES string of the molecule is C1=Cc2ccccc2NN=C1.O=C1CN=C(c2ccccc2F)c2cc(Cl)ccc2N1CC(F)(F)F. The molecular formula is C26H19ClF4N4O. The maximum Gasteiger partial charge on any atom is 0.406 e. The summed E-state index contributed by atoms with van der Waals surface area (Å²) in [6.45, 7) is -1.98. The molecule has 0 atom stereocenters. The number of aliphatic imine (C=N–C) groups is 1. The van der Waals surface area contributed by atoms with Crippen molar-refractivity contribution in [3.8, 4) is 0 Å². The van der Waals surface area contributed by atoms with Gasteiger partial charge in [-0.05, 0) is 48.0 Å². The second-order valence-corrected chi connectivity index (χ2v) is 8.17. The first-order chi connectivity index (χ1) is 17.2. The number of nitrogens with zero attached hydrogens (tertiary/aromatic N) is 3. The lowest BCUT2D eigenvalue weighted by Crippen LogP contribution is -2.40. The quantitative estimate of drug-likeness (QED) is 0.406. The van der Waals surface area contributed by atoms with E-state index >= 15 is 0 Å². The van der Waals surface area contributed by atoms with Gasteiger partial charge in [0.05, 0.1) is 17.1 Å². The molecule has 3 aromatic carbocycles. The molecule has 0 unspecified atom stereocenters. The molecule has 0 fully saturated rings. The zero-order chi connectivity index (χ0) is 25.7. The van der Waals surface area contributed by atoms with Crippen molar-refractivity contribution < 1.29 is 22.4 Å². The standard InChI is InChI=1S/C17H11ClF4N2O.C9H8N2/c18-10-5-6-14-12(7-10)16(11-3-1-2-4-13(11)19)23-8-15(25)24(14)9-17(20,21)22;1-2-6-9-8(4-1)5-3-7-10-11-9/h1-7H,8-9H2;1-7,11H. The molecule has 1 N–H and O–H groups in total. The molecule has 0 bridgehead atoms. The zero-order valence-electron chi connectivity index (χ0n) is 18.6. The number of fused-ring (bicyclic) bond motifs is 2. The Labute approximate surface area is 209 Å². The summed E-state index contributed by atoms with van der Waals surface area (Å²) >= 11 is 5.97. The summed E-state index contributed by atoms with van der Waals surface area (Å²) in [5.74, 6) is -1.42. The normalized spacial score (nSPS) is 14.4. The second-order valence-electron chi connectivity index (χ2n) is 7.74. The number of anilines is 2. The van der Waals surface area contributed by atoms with Gasteiger partial charge < -0.3 is 4.90 Å². The number of carbonyl (C=O) groups excluding carboxylic acids is 1. The van der Waals surface area contributed by atoms with Crippen molar-refractivity contribution in [3.05, 3.63) is 100 Å². The lowest BCUT2D eigenvalue weighted by Gasteiger charge is -2.24. The number of para-hydroxylation sites is 1. The average molecular weight is 515 g/mol. The third-order valence-electron chi connectivity index (χ3n) is 5.23. The van der Waals surface area contributed by atoms with Crippen LogP contribution < -0.4 is 10.3 Å². The van der Waals surface area contributed by atoms with Gasteiger partial charge in [0.15, 0.2) is 0 Å². The van der Waals surface area contributed by atoms with Crippen molar-refractivity contribution in [1.29, 1.82) is 0 Å². The van der Waals surface area contributed by atoms with Crippen LogP contribution in [0.5, 0.6) is 0 Å². The fourth-order valence-corrected chi connectivity index (χ4v) is 3.83. The average Bonchev–Trinajstić information content (AvgIpc) is 3.15. The number of benzene rings is 3. The predicted octanol–water partition coefficient (Wildman–Crippen LogP) is 6.34. The van der Waals surface area contributed by atoms with Crippen LogP contribution in [0, 0.1) is 5.82 Å². The van der Waals surface area contributed by atoms with E-state index in [4.69, 9.17) is 11.6 Å². The molecule has 2 aliphatic heterocycles. The van der Waals surface area contributed by atoms with E-state index in [9.17, 15) is 22.4 Å². The van der Waals surface area contributed by atoms with Gasteiger partial charge >= 0.3 is 6.18 Å². The Balaban J connectivity index is 0.000000229. The Bertz CT molecular complexity index is 1370. The highest BCUT2D eigenvalue weighted by Crippen LogP contribution is 2.32. The lowest BCUT2D eigenvalue weighted by atomic mass is 9.99. The van der Waals surface area contributed by atoms with Crippen LogP contribution in [0.15, 0.2) is 82.9 Å². The van der Waals surface area contributed by atoms with E-state index in [1.165, 1.54) is 42.0 Å². The molecule has 1 amide bonds. The van der Waals surface area contributed by atoms with Crippen LogP contribution in [0.4, 0.5) is 28.9 Å². The molecule has 184 valence electrons. The van der Waals surface area contributed by atoms with Gasteiger partial charge in [0, 0.05) is 22.4 Å². The zero-order valence-corrected chi connectivity index (χ0v) is 19.4. The van der Waals surface area contributed by atoms with Crippen LogP contribution in [-0.4, -0.2) is 37.1 Å². The van der Waals surface area contributed by atoms with Gasteiger partial charge in [0.25, 0.3) is 0 Å². The molecule has 0 radical (unpaired) electrons. The third kappa shape index (κ3) is 5.98. The Morgan fingerprint density at radius 1 is 1.00 bits per heavy atom. The van der Waals surface area contributed by atoms with Crippen molar-refractivity contribution in [2.24, 2.45) is 10.1 Å². The van der Waals surface area contributed by atoms with Crippen molar-refractivity contribution in [2.45, 2.75) is 6.18 Å². The lowest BCUT2D eigenvalue weighted by molar-refractivity contribution is -0.131. The van der Waals surface area contributed by atoms with E-state index in [0.717, 1.165) is 5.69 Å². The molecular weight excluding hydrogens is 496 g/mol. The van der Waals surface area contributed by atoms with Crippen molar-refractivity contribution >= 4 is 46.9 Å². The Kier molecular flexibility index (Phi) is 7.49. The third-order valence-corrected chi connectivity index (χ3v) is 5.46. The number of nitrogens with one attached hydrogen (secondary N) is 1. The number of hydrazone groups is 1. The van der Waals surface area contributed by atoms with E-state index in [1.54, 1.807) is 12.3 Å². The smallest absolute Gasteiger partial charge is 0.301 e. The minimum atomic E-state index is -4.59. The number of benzodiazepines with no additional fused rings is 1. The number of alkyl halides is 3. The first-order valence-electron chi connectivity index (χ1n) is 10.7. The summed E-state index contributed by atoms with van der Waals surface area (Å²) in [6.07, 6.45) is 1.09. The molecule has 0 saturated carbocycles. The van der Waals surface area contributed by atoms with Gasteiger partial charge in [-0.2, -0.15) is 18.3 Å². The van der Waals surface area contributed by atoms with Gasteiger partial charge in [-0.1, -0.05) is 48.0 Å². The number of hydrogen-bond acceptors (Lipinski definition) is 4. The van der Waals surface area contributed by atoms with Crippen LogP contribution in [0.2, 0.25) is 5.02 Å². The highest BCUT2D eigenvalue weighted by molar-refractivity contribution is 6.32. The number of amides is 1. The minimum Gasteiger partial charge on any atom is -0.301 e. The number of allylic oxidation sites excluding steroid dienone is 1. The number of rotatable bonds is 2. The summed E-state index contributed by atoms with van der Waals surface area (Å²) in [7, 11) is 0. The van der Waals surface area contributed by atoms with Gasteiger partial charge in [0.1, 0.15) is 18.9 Å². The molecule has 0 saturated heterocycles. The molecule has 10 heteroatoms. The van der Waals surface area contributed by atoms with Crippen molar-refractivity contribution in [3.63, 3.8) is 0 Å². The van der Waals surface area contributed by atoms with Crippen LogP contribution in [0.1, 0.15) is 16.7 Å². The monoisotopic (exact) mass is 514 g/mol. The van der Waals surface area contributed by atoms with Gasteiger partial charge in [0.2, 0.25) is 5.91 Å². The van der Waals surface area contributed by atoms with Crippen LogP contribution in [0.25, 0.3) is 6.08 Å². The molecule has 36 heavy (non-hydrogen) atoms. The van der Waals surface area contributed by atoms with Crippen molar-refractivity contribution in [1.82, 2.24) is 0 Å². The maximum absolute atomic E-state index is 14.2. The van der Waals surface area contributed by atoms with Gasteiger partial charge in [-0.15, -0.1) is 0 Å². The van der Waals surface area contributed by atoms with Gasteiger partial charge in [-0.25, -0.2) is 4.39 Å². The fourth-order valence-electron chi connectivity index (χ4n) is 3.66. The topological polar surface area (TPSA) is 57.1 Å². The molecule has 0 spiro atoms. The first-order valence-corrected chi connectivity index (χ1v) is 11.1. The Morgan fingerprint density at radius 3 is 2.53 bits per heavy atom.